The van der Waals surface area contributed by atoms with E-state index in [1.165, 1.54) is 24.3 Å². The Labute approximate surface area is 255 Å². The molecule has 0 unspecified atom stereocenters. The van der Waals surface area contributed by atoms with Crippen LogP contribution in [0.1, 0.15) is 47.4 Å². The third kappa shape index (κ3) is 6.20. The Bertz CT molecular complexity index is 2040. The van der Waals surface area contributed by atoms with Crippen molar-refractivity contribution >= 4 is 22.3 Å². The van der Waals surface area contributed by atoms with Crippen molar-refractivity contribution in [3.63, 3.8) is 0 Å². The quantitative estimate of drug-likeness (QED) is 0.189. The third-order valence-corrected chi connectivity index (χ3v) is 7.85. The van der Waals surface area contributed by atoms with Gasteiger partial charge < -0.3 is 4.57 Å². The van der Waals surface area contributed by atoms with Crippen molar-refractivity contribution in [2.24, 2.45) is 7.05 Å². The van der Waals surface area contributed by atoms with Gasteiger partial charge in [-0.2, -0.15) is 0 Å². The number of benzene rings is 4. The number of hydrogen-bond donors (Lipinski definition) is 0. The van der Waals surface area contributed by atoms with E-state index in [9.17, 15) is 35.9 Å². The molecular weight excluding hydrogens is 592 g/mol. The van der Waals surface area contributed by atoms with Crippen molar-refractivity contribution in [2.45, 2.75) is 33.1 Å². The number of carbonyl (C=O) groups excluding carboxylic acids is 1. The summed E-state index contributed by atoms with van der Waals surface area (Å²) in [5.41, 5.74) is 3.42. The van der Waals surface area contributed by atoms with Crippen LogP contribution in [0.15, 0.2) is 83.2 Å². The zero-order valence-corrected chi connectivity index (χ0v) is 24.6. The van der Waals surface area contributed by atoms with E-state index in [1.54, 1.807) is 17.7 Å². The lowest BCUT2D eigenvalue weighted by atomic mass is 9.81. The molecule has 9 heteroatoms. The number of halogens is 6. The van der Waals surface area contributed by atoms with E-state index in [0.29, 0.717) is 30.5 Å². The summed E-state index contributed by atoms with van der Waals surface area (Å²) in [5, 5.41) is 0.185. The molecule has 230 valence electrons. The second-order valence-electron chi connectivity index (χ2n) is 10.7. The molecule has 0 saturated heterocycles. The Hall–Kier alpha value is -4.92. The molecule has 0 fully saturated rings. The Balaban J connectivity index is 0.000000178. The highest BCUT2D eigenvalue weighted by molar-refractivity contribution is 6.31. The zero-order chi connectivity index (χ0) is 32.6. The van der Waals surface area contributed by atoms with Gasteiger partial charge in [-0.15, -0.1) is 0 Å². The first-order chi connectivity index (χ1) is 21.4. The van der Waals surface area contributed by atoms with Gasteiger partial charge in [0.05, 0.1) is 5.52 Å². The number of allylic oxidation sites excluding steroid dienone is 2. The predicted molar refractivity (Wildman–Crippen MR) is 162 cm³/mol. The normalized spacial score (nSPS) is 12.7. The summed E-state index contributed by atoms with van der Waals surface area (Å²) in [6.07, 6.45) is 1.55. The van der Waals surface area contributed by atoms with Crippen LogP contribution in [0.4, 0.5) is 26.3 Å². The summed E-state index contributed by atoms with van der Waals surface area (Å²) < 4.78 is 82.7. The van der Waals surface area contributed by atoms with E-state index in [-0.39, 0.29) is 39.0 Å². The highest BCUT2D eigenvalue weighted by atomic mass is 19.2. The van der Waals surface area contributed by atoms with Crippen LogP contribution in [-0.2, 0) is 19.9 Å². The predicted octanol–water partition coefficient (Wildman–Crippen LogP) is 8.89. The SMILES string of the molecule is CCC1=C(c2cc(F)cc(F)c2)C(=O)c2cc(F)ccc2C1.CCc1c(-c2cc(F)cc(F)c2)c(=O)c2cc(F)ccc2n1C. The van der Waals surface area contributed by atoms with Crippen LogP contribution < -0.4 is 5.43 Å². The Morgan fingerprint density at radius 2 is 1.20 bits per heavy atom. The number of fused-ring (bicyclic) bond motifs is 2. The molecule has 0 N–H and O–H groups in total. The Morgan fingerprint density at radius 3 is 1.78 bits per heavy atom. The molecule has 0 amide bonds. The number of aromatic nitrogens is 1. The summed E-state index contributed by atoms with van der Waals surface area (Å²) >= 11 is 0. The van der Waals surface area contributed by atoms with E-state index in [2.05, 4.69) is 0 Å². The molecule has 1 aliphatic rings. The summed E-state index contributed by atoms with van der Waals surface area (Å²) in [4.78, 5) is 25.5. The lowest BCUT2D eigenvalue weighted by Crippen LogP contribution is -2.16. The van der Waals surface area contributed by atoms with Gasteiger partial charge in [-0.05, 0) is 90.6 Å². The van der Waals surface area contributed by atoms with Gasteiger partial charge in [0, 0.05) is 47.0 Å². The zero-order valence-electron chi connectivity index (χ0n) is 24.6. The van der Waals surface area contributed by atoms with Crippen molar-refractivity contribution in [2.75, 3.05) is 0 Å². The maximum atomic E-state index is 13.6. The standard InChI is InChI=1S/C18H14F3NO.C18H13F3O/c1-3-15-17(10-6-12(20)8-13(21)7-10)18(23)14-9-11(19)4-5-16(14)22(15)2;1-2-10-5-11-3-4-13(19)9-16(11)18(22)17(10)12-6-14(20)8-15(21)7-12/h4-9H,3H2,1-2H3;3-4,6-9H,2,5H2,1H3. The van der Waals surface area contributed by atoms with E-state index < -0.39 is 40.3 Å². The van der Waals surface area contributed by atoms with Crippen LogP contribution in [0.5, 0.6) is 0 Å². The summed E-state index contributed by atoms with van der Waals surface area (Å²) in [6, 6.07) is 14.0. The summed E-state index contributed by atoms with van der Waals surface area (Å²) in [5.74, 6) is -4.42. The molecule has 1 aromatic heterocycles. The van der Waals surface area contributed by atoms with Crippen LogP contribution >= 0.6 is 0 Å². The molecular formula is C36H27F6NO2. The maximum Gasteiger partial charge on any atom is 0.197 e. The van der Waals surface area contributed by atoms with Gasteiger partial charge in [-0.1, -0.05) is 25.5 Å². The molecule has 5 aromatic rings. The second-order valence-corrected chi connectivity index (χ2v) is 10.7. The number of pyridine rings is 1. The molecule has 0 atom stereocenters. The van der Waals surface area contributed by atoms with Crippen molar-refractivity contribution in [3.05, 3.63) is 146 Å². The van der Waals surface area contributed by atoms with Crippen LogP contribution in [0.3, 0.4) is 0 Å². The topological polar surface area (TPSA) is 39.1 Å². The molecule has 1 heterocycles. The van der Waals surface area contributed by atoms with E-state index >= 15 is 0 Å². The molecule has 0 bridgehead atoms. The van der Waals surface area contributed by atoms with Gasteiger partial charge in [0.1, 0.15) is 34.9 Å². The fraction of sp³-hybridized carbons (Fsp3) is 0.167. The smallest absolute Gasteiger partial charge is 0.197 e. The van der Waals surface area contributed by atoms with E-state index in [0.717, 1.165) is 53.6 Å². The van der Waals surface area contributed by atoms with Gasteiger partial charge in [0.15, 0.2) is 11.2 Å². The molecule has 1 aliphatic carbocycles. The number of rotatable bonds is 4. The fourth-order valence-corrected chi connectivity index (χ4v) is 5.83. The number of aryl methyl sites for hydroxylation is 1. The van der Waals surface area contributed by atoms with Crippen LogP contribution in [0, 0.1) is 34.9 Å². The number of ketones is 1. The van der Waals surface area contributed by atoms with Gasteiger partial charge in [0.2, 0.25) is 0 Å². The molecule has 0 saturated carbocycles. The number of Topliss-reactive ketones (excluding diaryl/α,β-unsaturated/α-hetero) is 1. The summed E-state index contributed by atoms with van der Waals surface area (Å²) in [7, 11) is 1.75. The van der Waals surface area contributed by atoms with Gasteiger partial charge in [-0.25, -0.2) is 26.3 Å². The Kier molecular flexibility index (Phi) is 8.82. The average Bonchev–Trinajstić information content (AvgIpc) is 2.98. The largest absolute Gasteiger partial charge is 0.347 e. The number of nitrogens with zero attached hydrogens (tertiary/aromatic N) is 1. The molecule has 3 nitrogen and oxygen atoms in total. The van der Waals surface area contributed by atoms with Gasteiger partial charge in [0.25, 0.3) is 0 Å². The van der Waals surface area contributed by atoms with Gasteiger partial charge in [-0.3, -0.25) is 9.59 Å². The van der Waals surface area contributed by atoms with Crippen molar-refractivity contribution < 1.29 is 31.1 Å². The molecule has 45 heavy (non-hydrogen) atoms. The minimum absolute atomic E-state index is 0.158. The molecule has 0 spiro atoms. The first-order valence-corrected chi connectivity index (χ1v) is 14.2. The maximum absolute atomic E-state index is 13.6. The second kappa shape index (κ2) is 12.6. The van der Waals surface area contributed by atoms with Crippen LogP contribution in [0.2, 0.25) is 0 Å². The molecule has 4 aromatic carbocycles. The lowest BCUT2D eigenvalue weighted by molar-refractivity contribution is 0.105. The van der Waals surface area contributed by atoms with Crippen LogP contribution in [-0.4, -0.2) is 10.4 Å². The first kappa shape index (κ1) is 31.5. The highest BCUT2D eigenvalue weighted by Crippen LogP contribution is 2.35. The number of hydrogen-bond acceptors (Lipinski definition) is 2. The Morgan fingerprint density at radius 1 is 0.644 bits per heavy atom. The minimum atomic E-state index is -0.761. The first-order valence-electron chi connectivity index (χ1n) is 14.2. The average molecular weight is 620 g/mol. The highest BCUT2D eigenvalue weighted by Gasteiger charge is 2.27. The van der Waals surface area contributed by atoms with E-state index in [4.69, 9.17) is 0 Å². The molecule has 0 radical (unpaired) electrons. The molecule has 6 rings (SSSR count). The van der Waals surface area contributed by atoms with Crippen molar-refractivity contribution in [1.82, 2.24) is 4.57 Å². The third-order valence-electron chi connectivity index (χ3n) is 7.85. The van der Waals surface area contributed by atoms with Crippen molar-refractivity contribution in [3.8, 4) is 11.1 Å². The summed E-state index contributed by atoms with van der Waals surface area (Å²) in [6.45, 7) is 3.73. The lowest BCUT2D eigenvalue weighted by Gasteiger charge is -2.22. The fourth-order valence-electron chi connectivity index (χ4n) is 5.83. The van der Waals surface area contributed by atoms with E-state index in [1.807, 2.05) is 13.8 Å². The monoisotopic (exact) mass is 619 g/mol. The number of carbonyl (C=O) groups is 1. The minimum Gasteiger partial charge on any atom is -0.347 e. The molecule has 0 aliphatic heterocycles. The van der Waals surface area contributed by atoms with Gasteiger partial charge >= 0.3 is 0 Å². The van der Waals surface area contributed by atoms with Crippen LogP contribution in [0.25, 0.3) is 27.6 Å². The van der Waals surface area contributed by atoms with Crippen molar-refractivity contribution in [1.29, 1.82) is 0 Å².